The van der Waals surface area contributed by atoms with Crippen molar-refractivity contribution in [3.8, 4) is 5.75 Å². The number of aromatic nitrogens is 2. The monoisotopic (exact) mass is 335 g/mol. The van der Waals surface area contributed by atoms with Gasteiger partial charge >= 0.3 is 0 Å². The van der Waals surface area contributed by atoms with Crippen LogP contribution in [0.25, 0.3) is 5.65 Å². The fourth-order valence-corrected chi connectivity index (χ4v) is 2.50. The summed E-state index contributed by atoms with van der Waals surface area (Å²) in [4.78, 5) is 4.41. The fraction of sp³-hybridized carbons (Fsp3) is 0.0714. The minimum absolute atomic E-state index is 0.251. The van der Waals surface area contributed by atoms with E-state index in [0.717, 1.165) is 11.3 Å². The van der Waals surface area contributed by atoms with E-state index in [0.29, 0.717) is 10.2 Å². The number of nitrogens with two attached hydrogens (primary N) is 1. The Morgan fingerprint density at radius 3 is 2.95 bits per heavy atom. The average molecular weight is 336 g/mol. The summed E-state index contributed by atoms with van der Waals surface area (Å²) >= 11 is 3.24. The van der Waals surface area contributed by atoms with Crippen LogP contribution >= 0.6 is 15.9 Å². The first-order valence-corrected chi connectivity index (χ1v) is 6.73. The Kier molecular flexibility index (Phi) is 3.31. The Labute approximate surface area is 123 Å². The minimum Gasteiger partial charge on any atom is -0.484 e. The van der Waals surface area contributed by atoms with Crippen LogP contribution in [-0.2, 0) is 6.61 Å². The number of hydrogen-bond donors (Lipinski definition) is 1. The van der Waals surface area contributed by atoms with Crippen molar-refractivity contribution >= 4 is 27.3 Å². The normalized spacial score (nSPS) is 10.9. The van der Waals surface area contributed by atoms with E-state index in [2.05, 4.69) is 20.9 Å². The molecule has 4 nitrogen and oxygen atoms in total. The largest absolute Gasteiger partial charge is 0.484 e. The molecule has 0 aliphatic rings. The van der Waals surface area contributed by atoms with Crippen LogP contribution in [0.15, 0.2) is 47.2 Å². The van der Waals surface area contributed by atoms with Gasteiger partial charge in [0.05, 0.1) is 15.9 Å². The molecule has 0 amide bonds. The number of rotatable bonds is 3. The van der Waals surface area contributed by atoms with E-state index in [1.54, 1.807) is 0 Å². The molecule has 6 heteroatoms. The molecule has 3 rings (SSSR count). The van der Waals surface area contributed by atoms with Crippen LogP contribution in [0.4, 0.5) is 10.1 Å². The van der Waals surface area contributed by atoms with Gasteiger partial charge in [-0.05, 0) is 34.1 Å². The number of imidazole rings is 1. The van der Waals surface area contributed by atoms with Gasteiger partial charge in [0.2, 0.25) is 0 Å². The van der Waals surface area contributed by atoms with Crippen LogP contribution < -0.4 is 10.5 Å². The molecule has 0 aliphatic heterocycles. The molecular formula is C14H11BrFN3O. The molecule has 0 radical (unpaired) electrons. The molecule has 0 unspecified atom stereocenters. The lowest BCUT2D eigenvalue weighted by atomic mass is 10.3. The minimum atomic E-state index is -0.408. The zero-order chi connectivity index (χ0) is 14.1. The summed E-state index contributed by atoms with van der Waals surface area (Å²) in [7, 11) is 0. The summed E-state index contributed by atoms with van der Waals surface area (Å²) in [5, 5.41) is 0. The van der Waals surface area contributed by atoms with Crippen molar-refractivity contribution in [1.82, 2.24) is 9.38 Å². The van der Waals surface area contributed by atoms with Crippen LogP contribution in [0.5, 0.6) is 5.75 Å². The predicted molar refractivity (Wildman–Crippen MR) is 78.0 cm³/mol. The van der Waals surface area contributed by atoms with E-state index in [1.165, 1.54) is 12.1 Å². The number of fused-ring (bicyclic) bond motifs is 1. The van der Waals surface area contributed by atoms with E-state index >= 15 is 0 Å². The molecule has 2 aromatic heterocycles. The zero-order valence-electron chi connectivity index (χ0n) is 10.4. The third-order valence-corrected chi connectivity index (χ3v) is 3.40. The van der Waals surface area contributed by atoms with Gasteiger partial charge in [0.15, 0.2) is 5.75 Å². The van der Waals surface area contributed by atoms with Crippen molar-refractivity contribution < 1.29 is 9.13 Å². The van der Waals surface area contributed by atoms with Crippen molar-refractivity contribution in [3.63, 3.8) is 0 Å². The van der Waals surface area contributed by atoms with Gasteiger partial charge in [-0.15, -0.1) is 0 Å². The maximum Gasteiger partial charge on any atom is 0.157 e. The second kappa shape index (κ2) is 5.13. The first-order valence-electron chi connectivity index (χ1n) is 5.93. The second-order valence-electron chi connectivity index (χ2n) is 4.29. The average Bonchev–Trinajstić information content (AvgIpc) is 2.80. The predicted octanol–water partition coefficient (Wildman–Crippen LogP) is 3.40. The maximum absolute atomic E-state index is 13.1. The van der Waals surface area contributed by atoms with Gasteiger partial charge in [0, 0.05) is 18.5 Å². The van der Waals surface area contributed by atoms with E-state index in [4.69, 9.17) is 10.5 Å². The molecule has 2 heterocycles. The topological polar surface area (TPSA) is 52.5 Å². The Balaban J connectivity index is 1.83. The van der Waals surface area contributed by atoms with Crippen molar-refractivity contribution in [1.29, 1.82) is 0 Å². The molecule has 0 aliphatic carbocycles. The Hall–Kier alpha value is -2.08. The number of halogens is 2. The van der Waals surface area contributed by atoms with E-state index in [1.807, 2.05) is 35.0 Å². The quantitative estimate of drug-likeness (QED) is 0.746. The third kappa shape index (κ3) is 2.46. The first kappa shape index (κ1) is 12.9. The Morgan fingerprint density at radius 1 is 1.35 bits per heavy atom. The molecule has 2 N–H and O–H groups in total. The third-order valence-electron chi connectivity index (χ3n) is 2.82. The highest BCUT2D eigenvalue weighted by Gasteiger charge is 2.10. The van der Waals surface area contributed by atoms with Gasteiger partial charge in [-0.1, -0.05) is 6.07 Å². The lowest BCUT2D eigenvalue weighted by Crippen LogP contribution is -2.00. The number of pyridine rings is 1. The van der Waals surface area contributed by atoms with Crippen LogP contribution in [0.1, 0.15) is 5.69 Å². The Bertz CT molecular complexity index is 716. The number of benzene rings is 1. The van der Waals surface area contributed by atoms with E-state index < -0.39 is 5.82 Å². The molecular weight excluding hydrogens is 325 g/mol. The Morgan fingerprint density at radius 2 is 2.20 bits per heavy atom. The van der Waals surface area contributed by atoms with Gasteiger partial charge in [-0.3, -0.25) is 0 Å². The summed E-state index contributed by atoms with van der Waals surface area (Å²) in [6.45, 7) is 0.260. The highest BCUT2D eigenvalue weighted by atomic mass is 79.9. The van der Waals surface area contributed by atoms with Crippen LogP contribution in [0.3, 0.4) is 0 Å². The summed E-state index contributed by atoms with van der Waals surface area (Å²) in [6, 6.07) is 8.29. The van der Waals surface area contributed by atoms with Crippen molar-refractivity contribution in [2.75, 3.05) is 5.73 Å². The lowest BCUT2D eigenvalue weighted by Gasteiger charge is -2.09. The number of nitrogen functional groups attached to an aromatic ring is 1. The number of anilines is 1. The fourth-order valence-electron chi connectivity index (χ4n) is 1.94. The van der Waals surface area contributed by atoms with Gasteiger partial charge in [-0.25, -0.2) is 9.37 Å². The number of nitrogens with zero attached hydrogens (tertiary/aromatic N) is 2. The standard InChI is InChI=1S/C14H11BrFN3O/c15-11-5-9(16)6-12(17)14(11)20-8-10-7-19-4-2-1-3-13(19)18-10/h1-7H,8,17H2. The van der Waals surface area contributed by atoms with E-state index in [9.17, 15) is 4.39 Å². The molecule has 20 heavy (non-hydrogen) atoms. The smallest absolute Gasteiger partial charge is 0.157 e. The molecule has 0 bridgehead atoms. The van der Waals surface area contributed by atoms with Crippen molar-refractivity contribution in [3.05, 3.63) is 58.7 Å². The zero-order valence-corrected chi connectivity index (χ0v) is 12.0. The molecule has 0 spiro atoms. The molecule has 3 aromatic rings. The molecule has 0 atom stereocenters. The number of ether oxygens (including phenoxy) is 1. The maximum atomic E-state index is 13.1. The molecule has 0 saturated carbocycles. The highest BCUT2D eigenvalue weighted by Crippen LogP contribution is 2.32. The van der Waals surface area contributed by atoms with E-state index in [-0.39, 0.29) is 12.3 Å². The van der Waals surface area contributed by atoms with Crippen LogP contribution in [0, 0.1) is 5.82 Å². The van der Waals surface area contributed by atoms with Gasteiger partial charge < -0.3 is 14.9 Å². The summed E-state index contributed by atoms with van der Waals surface area (Å²) in [5.41, 5.74) is 7.61. The van der Waals surface area contributed by atoms with Crippen molar-refractivity contribution in [2.24, 2.45) is 0 Å². The molecule has 0 saturated heterocycles. The summed E-state index contributed by atoms with van der Waals surface area (Å²) < 4.78 is 21.1. The second-order valence-corrected chi connectivity index (χ2v) is 5.15. The molecule has 102 valence electrons. The van der Waals surface area contributed by atoms with Gasteiger partial charge in [0.25, 0.3) is 0 Å². The molecule has 0 fully saturated rings. The molecule has 1 aromatic carbocycles. The SMILES string of the molecule is Nc1cc(F)cc(Br)c1OCc1cn2ccccc2n1. The van der Waals surface area contributed by atoms with Crippen LogP contribution in [0.2, 0.25) is 0 Å². The first-order chi connectivity index (χ1) is 9.63. The highest BCUT2D eigenvalue weighted by molar-refractivity contribution is 9.10. The summed E-state index contributed by atoms with van der Waals surface area (Å²) in [6.07, 6.45) is 3.79. The summed E-state index contributed by atoms with van der Waals surface area (Å²) in [5.74, 6) is 0.0120. The lowest BCUT2D eigenvalue weighted by molar-refractivity contribution is 0.301. The number of hydrogen-bond acceptors (Lipinski definition) is 3. The van der Waals surface area contributed by atoms with Crippen LogP contribution in [-0.4, -0.2) is 9.38 Å². The van der Waals surface area contributed by atoms with Crippen molar-refractivity contribution in [2.45, 2.75) is 6.61 Å². The van der Waals surface area contributed by atoms with Gasteiger partial charge in [0.1, 0.15) is 18.1 Å². The van der Waals surface area contributed by atoms with Gasteiger partial charge in [-0.2, -0.15) is 0 Å².